The summed E-state index contributed by atoms with van der Waals surface area (Å²) in [4.78, 5) is 0. The maximum Gasteiger partial charge on any atom is 0.0241 e. The van der Waals surface area contributed by atoms with Crippen LogP contribution in [0.15, 0.2) is 18.2 Å². The molecular weight excluding hydrogens is 201 g/mol. The van der Waals surface area contributed by atoms with Crippen molar-refractivity contribution in [3.05, 3.63) is 35.4 Å². The van der Waals surface area contributed by atoms with Crippen LogP contribution in [0.3, 0.4) is 0 Å². The molecule has 0 aromatic heterocycles. The fourth-order valence-electron chi connectivity index (χ4n) is 0.726. The second-order valence-corrected chi connectivity index (χ2v) is 1.98. The Morgan fingerprint density at radius 2 is 2.30 bits per heavy atom. The van der Waals surface area contributed by atoms with Gasteiger partial charge in [-0.25, -0.2) is 0 Å². The van der Waals surface area contributed by atoms with E-state index in [1.165, 1.54) is 0 Å². The zero-order chi connectivity index (χ0) is 6.69. The zero-order valence-corrected chi connectivity index (χ0v) is 8.80. The van der Waals surface area contributed by atoms with Crippen LogP contribution >= 0.6 is 0 Å². The topological polar surface area (TPSA) is 20.2 Å². The fraction of sp³-hybridized carbons (Fsp3) is 0.250. The summed E-state index contributed by atoms with van der Waals surface area (Å²) in [6.45, 7) is 2.05. The summed E-state index contributed by atoms with van der Waals surface area (Å²) >= 11 is 0. The molecule has 0 fully saturated rings. The molecule has 0 amide bonds. The normalized spacial score (nSPS) is 8.60. The molecule has 0 saturated heterocycles. The number of benzene rings is 1. The van der Waals surface area contributed by atoms with Gasteiger partial charge in [0.1, 0.15) is 0 Å². The Labute approximate surface area is 86.3 Å². The van der Waals surface area contributed by atoms with Crippen LogP contribution in [0.4, 0.5) is 0 Å². The van der Waals surface area contributed by atoms with Crippen molar-refractivity contribution in [2.24, 2.45) is 0 Å². The van der Waals surface area contributed by atoms with E-state index in [4.69, 9.17) is 5.11 Å². The van der Waals surface area contributed by atoms with Crippen LogP contribution in [0.25, 0.3) is 0 Å². The Morgan fingerprint density at radius 1 is 1.60 bits per heavy atom. The first-order valence-electron chi connectivity index (χ1n) is 2.91. The average molecular weight is 210 g/mol. The molecule has 10 heavy (non-hydrogen) atoms. The molecule has 51 valence electrons. The molecule has 0 aliphatic heterocycles. The molecule has 0 unspecified atom stereocenters. The summed E-state index contributed by atoms with van der Waals surface area (Å²) in [6, 6.07) is 8.60. The Balaban J connectivity index is 0.000000810. The first kappa shape index (κ1) is 10.3. The molecule has 0 heterocycles. The van der Waals surface area contributed by atoms with Crippen LogP contribution in [0.5, 0.6) is 0 Å². The largest absolute Gasteiger partial charge is 0.404 e. The Morgan fingerprint density at radius 3 is 2.70 bits per heavy atom. The van der Waals surface area contributed by atoms with Gasteiger partial charge in [0.15, 0.2) is 0 Å². The van der Waals surface area contributed by atoms with Gasteiger partial charge in [0, 0.05) is 39.3 Å². The van der Waals surface area contributed by atoms with Crippen molar-refractivity contribution in [3.8, 4) is 0 Å². The van der Waals surface area contributed by atoms with Crippen LogP contribution in [0.2, 0.25) is 0 Å². The minimum atomic E-state index is 0. The number of aliphatic hydroxyl groups is 1. The quantitative estimate of drug-likeness (QED) is 0.692. The maximum atomic E-state index is 8.70. The minimum absolute atomic E-state index is 0. The van der Waals surface area contributed by atoms with Crippen LogP contribution in [0.1, 0.15) is 11.1 Å². The molecule has 0 atom stereocenters. The molecule has 0 aliphatic rings. The van der Waals surface area contributed by atoms with E-state index in [0.717, 1.165) is 11.1 Å². The summed E-state index contributed by atoms with van der Waals surface area (Å²) in [5.41, 5.74) is 1.98. The van der Waals surface area contributed by atoms with Crippen molar-refractivity contribution in [3.63, 3.8) is 0 Å². The predicted molar refractivity (Wildman–Crippen MR) is 35.9 cm³/mol. The molecule has 1 rings (SSSR count). The van der Waals surface area contributed by atoms with Crippen molar-refractivity contribution in [1.29, 1.82) is 0 Å². The number of aliphatic hydroxyl groups excluding tert-OH is 1. The van der Waals surface area contributed by atoms with Gasteiger partial charge in [-0.2, -0.15) is 29.8 Å². The van der Waals surface area contributed by atoms with E-state index >= 15 is 0 Å². The fourth-order valence-corrected chi connectivity index (χ4v) is 0.726. The molecular formula is C8H9OY-. The van der Waals surface area contributed by atoms with Crippen molar-refractivity contribution >= 4 is 0 Å². The van der Waals surface area contributed by atoms with E-state index in [2.05, 4.69) is 6.07 Å². The van der Waals surface area contributed by atoms with E-state index in [9.17, 15) is 0 Å². The monoisotopic (exact) mass is 210 g/mol. The van der Waals surface area contributed by atoms with Crippen molar-refractivity contribution in [2.75, 3.05) is 0 Å². The third-order valence-corrected chi connectivity index (χ3v) is 1.35. The van der Waals surface area contributed by atoms with E-state index < -0.39 is 0 Å². The van der Waals surface area contributed by atoms with Gasteiger partial charge in [0.2, 0.25) is 0 Å². The minimum Gasteiger partial charge on any atom is -0.404 e. The standard InChI is InChI=1S/C8H9O.Y/c1-7-4-2-3-5-8(7)6-9;/h2-3,5,9H,6H2,1H3;/q-1;. The molecule has 1 aromatic carbocycles. The van der Waals surface area contributed by atoms with Gasteiger partial charge in [0.25, 0.3) is 0 Å². The van der Waals surface area contributed by atoms with Crippen LogP contribution < -0.4 is 0 Å². The SMILES string of the molecule is Cc1[c-]cccc1CO.[Y]. The van der Waals surface area contributed by atoms with E-state index in [1.54, 1.807) is 0 Å². The molecule has 1 N–H and O–H groups in total. The molecule has 0 saturated carbocycles. The predicted octanol–water partition coefficient (Wildman–Crippen LogP) is 1.29. The van der Waals surface area contributed by atoms with E-state index in [0.29, 0.717) is 0 Å². The molecule has 0 spiro atoms. The average Bonchev–Trinajstić information content (AvgIpc) is 1.89. The summed E-state index contributed by atoms with van der Waals surface area (Å²) < 4.78 is 0. The maximum absolute atomic E-state index is 8.70. The first-order valence-corrected chi connectivity index (χ1v) is 2.91. The van der Waals surface area contributed by atoms with Gasteiger partial charge in [-0.05, 0) is 0 Å². The number of aryl methyl sites for hydroxylation is 1. The molecule has 0 aliphatic carbocycles. The Kier molecular flexibility index (Phi) is 5.15. The van der Waals surface area contributed by atoms with Gasteiger partial charge < -0.3 is 5.11 Å². The Bertz CT molecular complexity index is 198. The van der Waals surface area contributed by atoms with Crippen molar-refractivity contribution in [2.45, 2.75) is 13.5 Å². The van der Waals surface area contributed by atoms with Crippen molar-refractivity contribution < 1.29 is 37.8 Å². The van der Waals surface area contributed by atoms with E-state index in [1.807, 2.05) is 25.1 Å². The third-order valence-electron chi connectivity index (χ3n) is 1.35. The van der Waals surface area contributed by atoms with Gasteiger partial charge >= 0.3 is 0 Å². The van der Waals surface area contributed by atoms with E-state index in [-0.39, 0.29) is 39.3 Å². The molecule has 2 heteroatoms. The molecule has 0 bridgehead atoms. The van der Waals surface area contributed by atoms with Crippen LogP contribution in [-0.4, -0.2) is 5.11 Å². The summed E-state index contributed by atoms with van der Waals surface area (Å²) in [6.07, 6.45) is 0. The molecule has 1 nitrogen and oxygen atoms in total. The second kappa shape index (κ2) is 5.00. The van der Waals surface area contributed by atoms with Gasteiger partial charge in [-0.1, -0.05) is 6.92 Å². The molecule has 1 aromatic rings. The van der Waals surface area contributed by atoms with Gasteiger partial charge in [-0.3, -0.25) is 0 Å². The van der Waals surface area contributed by atoms with Crippen LogP contribution in [0, 0.1) is 13.0 Å². The smallest absolute Gasteiger partial charge is 0.0241 e. The number of hydrogen-bond acceptors (Lipinski definition) is 1. The number of rotatable bonds is 1. The van der Waals surface area contributed by atoms with Gasteiger partial charge in [-0.15, -0.1) is 5.56 Å². The van der Waals surface area contributed by atoms with Crippen LogP contribution in [-0.2, 0) is 39.3 Å². The summed E-state index contributed by atoms with van der Waals surface area (Å²) in [5.74, 6) is 0. The first-order chi connectivity index (χ1) is 4.34. The second-order valence-electron chi connectivity index (χ2n) is 1.98. The summed E-state index contributed by atoms with van der Waals surface area (Å²) in [5, 5.41) is 8.70. The number of hydrogen-bond donors (Lipinski definition) is 1. The van der Waals surface area contributed by atoms with Crippen molar-refractivity contribution in [1.82, 2.24) is 0 Å². The summed E-state index contributed by atoms with van der Waals surface area (Å²) in [7, 11) is 0. The third kappa shape index (κ3) is 2.49. The van der Waals surface area contributed by atoms with Gasteiger partial charge in [0.05, 0.1) is 0 Å². The zero-order valence-electron chi connectivity index (χ0n) is 5.96. The molecule has 1 radical (unpaired) electrons. The Hall–Kier alpha value is 0.284.